The van der Waals surface area contributed by atoms with Gasteiger partial charge in [-0.2, -0.15) is 17.5 Å². The fourth-order valence-corrected chi connectivity index (χ4v) is 4.69. The maximum absolute atomic E-state index is 13.1. The molecule has 1 fully saturated rings. The maximum Gasteiger partial charge on any atom is 0.417 e. The van der Waals surface area contributed by atoms with E-state index in [-0.39, 0.29) is 25.5 Å². The van der Waals surface area contributed by atoms with Crippen molar-refractivity contribution in [3.8, 4) is 0 Å². The highest BCUT2D eigenvalue weighted by Gasteiger charge is 2.41. The van der Waals surface area contributed by atoms with Gasteiger partial charge >= 0.3 is 6.18 Å². The average molecular weight is 373 g/mol. The normalized spacial score (nSPS) is 23.3. The first kappa shape index (κ1) is 20.2. The average Bonchev–Trinajstić information content (AvgIpc) is 2.46. The summed E-state index contributed by atoms with van der Waals surface area (Å²) < 4.78 is 65.8. The molecule has 0 amide bonds. The highest BCUT2D eigenvalue weighted by Crippen LogP contribution is 2.36. The number of sulfonamides is 1. The van der Waals surface area contributed by atoms with Crippen LogP contribution in [0.3, 0.4) is 0 Å². The minimum Gasteiger partial charge on any atom is -0.329 e. The van der Waals surface area contributed by atoms with Crippen LogP contribution < -0.4 is 5.73 Å². The number of rotatable bonds is 3. The Morgan fingerprint density at radius 1 is 1.30 bits per heavy atom. The molecule has 0 spiro atoms. The van der Waals surface area contributed by atoms with Crippen molar-refractivity contribution >= 4 is 22.4 Å². The van der Waals surface area contributed by atoms with E-state index >= 15 is 0 Å². The standard InChI is InChI=1S/C14H19F3N2O2S.ClH/c1-10-6-7-19(11(8-10)9-18)22(20,21)13-5-3-2-4-12(13)14(15,16)17;/h2-5,10-11H,6-9,18H2,1H3;1H. The maximum atomic E-state index is 13.1. The van der Waals surface area contributed by atoms with Crippen molar-refractivity contribution in [3.63, 3.8) is 0 Å². The van der Waals surface area contributed by atoms with Crippen LogP contribution in [-0.4, -0.2) is 31.9 Å². The molecule has 2 rings (SSSR count). The van der Waals surface area contributed by atoms with E-state index in [1.165, 1.54) is 12.1 Å². The second kappa shape index (κ2) is 7.38. The van der Waals surface area contributed by atoms with Crippen LogP contribution in [0, 0.1) is 5.92 Å². The number of piperidine rings is 1. The molecule has 0 radical (unpaired) electrons. The van der Waals surface area contributed by atoms with Crippen LogP contribution in [0.4, 0.5) is 13.2 Å². The number of hydrogen-bond donors (Lipinski definition) is 1. The fraction of sp³-hybridized carbons (Fsp3) is 0.571. The van der Waals surface area contributed by atoms with Gasteiger partial charge in [0.15, 0.2) is 0 Å². The summed E-state index contributed by atoms with van der Waals surface area (Å²) in [5.41, 5.74) is 4.49. The van der Waals surface area contributed by atoms with E-state index in [0.29, 0.717) is 18.8 Å². The molecule has 0 bridgehead atoms. The van der Waals surface area contributed by atoms with Crippen molar-refractivity contribution in [1.82, 2.24) is 4.31 Å². The Bertz CT molecular complexity index is 637. The monoisotopic (exact) mass is 372 g/mol. The summed E-state index contributed by atoms with van der Waals surface area (Å²) in [5.74, 6) is 0.304. The van der Waals surface area contributed by atoms with E-state index < -0.39 is 32.7 Å². The third kappa shape index (κ3) is 4.17. The minimum absolute atomic E-state index is 0. The van der Waals surface area contributed by atoms with Gasteiger partial charge in [-0.3, -0.25) is 0 Å². The number of alkyl halides is 3. The predicted octanol–water partition coefficient (Wildman–Crippen LogP) is 2.88. The third-order valence-corrected chi connectivity index (χ3v) is 5.99. The predicted molar refractivity (Wildman–Crippen MR) is 83.8 cm³/mol. The first-order chi connectivity index (χ1) is 10.2. The van der Waals surface area contributed by atoms with E-state index in [0.717, 1.165) is 16.4 Å². The molecule has 1 aliphatic heterocycles. The van der Waals surface area contributed by atoms with E-state index in [2.05, 4.69) is 0 Å². The molecule has 0 saturated carbocycles. The van der Waals surface area contributed by atoms with Gasteiger partial charge < -0.3 is 5.73 Å². The van der Waals surface area contributed by atoms with E-state index in [1.807, 2.05) is 6.92 Å². The van der Waals surface area contributed by atoms with Gasteiger partial charge in [0.1, 0.15) is 0 Å². The topological polar surface area (TPSA) is 63.4 Å². The molecule has 1 aromatic carbocycles. The van der Waals surface area contributed by atoms with E-state index in [9.17, 15) is 21.6 Å². The fourth-order valence-electron chi connectivity index (χ4n) is 2.81. The molecule has 23 heavy (non-hydrogen) atoms. The van der Waals surface area contributed by atoms with Crippen LogP contribution in [0.5, 0.6) is 0 Å². The minimum atomic E-state index is -4.72. The van der Waals surface area contributed by atoms with Crippen LogP contribution in [0.1, 0.15) is 25.3 Å². The molecule has 1 heterocycles. The zero-order chi connectivity index (χ0) is 16.5. The summed E-state index contributed by atoms with van der Waals surface area (Å²) >= 11 is 0. The molecule has 132 valence electrons. The number of hydrogen-bond acceptors (Lipinski definition) is 3. The van der Waals surface area contributed by atoms with Crippen molar-refractivity contribution in [2.24, 2.45) is 11.7 Å². The number of nitrogens with zero attached hydrogens (tertiary/aromatic N) is 1. The molecule has 2 unspecified atom stereocenters. The van der Waals surface area contributed by atoms with E-state index in [4.69, 9.17) is 5.73 Å². The lowest BCUT2D eigenvalue weighted by atomic mass is 9.94. The van der Waals surface area contributed by atoms with Crippen LogP contribution in [0.2, 0.25) is 0 Å². The molecule has 2 N–H and O–H groups in total. The van der Waals surface area contributed by atoms with Gasteiger partial charge in [0.2, 0.25) is 10.0 Å². The second-order valence-corrected chi connectivity index (χ2v) is 7.49. The smallest absolute Gasteiger partial charge is 0.329 e. The molecule has 0 aliphatic carbocycles. The first-order valence-electron chi connectivity index (χ1n) is 7.06. The van der Waals surface area contributed by atoms with Gasteiger partial charge in [-0.1, -0.05) is 19.1 Å². The zero-order valence-corrected chi connectivity index (χ0v) is 14.2. The van der Waals surface area contributed by atoms with Crippen molar-refractivity contribution < 1.29 is 21.6 Å². The van der Waals surface area contributed by atoms with Crippen molar-refractivity contribution in [3.05, 3.63) is 29.8 Å². The van der Waals surface area contributed by atoms with E-state index in [1.54, 1.807) is 0 Å². The van der Waals surface area contributed by atoms with Crippen molar-refractivity contribution in [2.75, 3.05) is 13.1 Å². The molecule has 0 aromatic heterocycles. The Morgan fingerprint density at radius 2 is 1.91 bits per heavy atom. The molecule has 1 saturated heterocycles. The van der Waals surface area contributed by atoms with Gasteiger partial charge in [-0.25, -0.2) is 8.42 Å². The molecular formula is C14H20ClF3N2O2S. The molecule has 4 nitrogen and oxygen atoms in total. The number of benzene rings is 1. The quantitative estimate of drug-likeness (QED) is 0.887. The lowest BCUT2D eigenvalue weighted by Crippen LogP contribution is -2.49. The molecule has 1 aromatic rings. The van der Waals surface area contributed by atoms with Gasteiger partial charge in [0.05, 0.1) is 10.5 Å². The molecular weight excluding hydrogens is 353 g/mol. The van der Waals surface area contributed by atoms with Gasteiger partial charge in [0.25, 0.3) is 0 Å². The van der Waals surface area contributed by atoms with Crippen LogP contribution in [0.25, 0.3) is 0 Å². The van der Waals surface area contributed by atoms with Gasteiger partial charge in [-0.15, -0.1) is 12.4 Å². The number of halogens is 4. The summed E-state index contributed by atoms with van der Waals surface area (Å²) in [7, 11) is -4.23. The van der Waals surface area contributed by atoms with Crippen LogP contribution in [0.15, 0.2) is 29.2 Å². The Labute approximate surface area is 140 Å². The second-order valence-electron chi connectivity index (χ2n) is 5.63. The van der Waals surface area contributed by atoms with Crippen molar-refractivity contribution in [2.45, 2.75) is 36.9 Å². The van der Waals surface area contributed by atoms with Crippen LogP contribution >= 0.6 is 12.4 Å². The Morgan fingerprint density at radius 3 is 2.48 bits per heavy atom. The SMILES string of the molecule is CC1CCN(S(=O)(=O)c2ccccc2C(F)(F)F)C(CN)C1.Cl. The Hall–Kier alpha value is -0.830. The highest BCUT2D eigenvalue weighted by atomic mass is 35.5. The Kier molecular flexibility index (Phi) is 6.48. The molecule has 2 atom stereocenters. The van der Waals surface area contributed by atoms with Crippen molar-refractivity contribution in [1.29, 1.82) is 0 Å². The van der Waals surface area contributed by atoms with Gasteiger partial charge in [0, 0.05) is 19.1 Å². The summed E-state index contributed by atoms with van der Waals surface area (Å²) in [6.07, 6.45) is -3.54. The number of nitrogens with two attached hydrogens (primary N) is 1. The lowest BCUT2D eigenvalue weighted by molar-refractivity contribution is -0.139. The largest absolute Gasteiger partial charge is 0.417 e. The first-order valence-corrected chi connectivity index (χ1v) is 8.50. The zero-order valence-electron chi connectivity index (χ0n) is 12.6. The molecule has 9 heteroatoms. The lowest BCUT2D eigenvalue weighted by Gasteiger charge is -2.37. The summed E-state index contributed by atoms with van der Waals surface area (Å²) in [4.78, 5) is -0.699. The summed E-state index contributed by atoms with van der Waals surface area (Å²) in [6, 6.07) is 3.81. The Balaban J connectivity index is 0.00000264. The van der Waals surface area contributed by atoms with Gasteiger partial charge in [-0.05, 0) is 30.9 Å². The summed E-state index contributed by atoms with van der Waals surface area (Å²) in [5, 5.41) is 0. The molecule has 1 aliphatic rings. The highest BCUT2D eigenvalue weighted by molar-refractivity contribution is 7.89. The third-order valence-electron chi connectivity index (χ3n) is 3.98. The van der Waals surface area contributed by atoms with Crippen LogP contribution in [-0.2, 0) is 16.2 Å². The summed E-state index contributed by atoms with van der Waals surface area (Å²) in [6.45, 7) is 2.27.